The molecule has 0 aromatic heterocycles. The summed E-state index contributed by atoms with van der Waals surface area (Å²) in [5.41, 5.74) is 8.49. The fourth-order valence-corrected chi connectivity index (χ4v) is 4.50. The number of nitrogens with two attached hydrogens (primary N) is 1. The number of amides is 1. The third kappa shape index (κ3) is 5.11. The predicted molar refractivity (Wildman–Crippen MR) is 103 cm³/mol. The highest BCUT2D eigenvalue weighted by Gasteiger charge is 2.39. The number of hydrogen-bond acceptors (Lipinski definition) is 3. The summed E-state index contributed by atoms with van der Waals surface area (Å²) in [6.45, 7) is 4.53. The lowest BCUT2D eigenvalue weighted by atomic mass is 9.67. The maximum absolute atomic E-state index is 12.3. The van der Waals surface area contributed by atoms with Gasteiger partial charge in [0.1, 0.15) is 5.75 Å². The molecular formula is C20H31ClN2O2. The molecule has 0 radical (unpaired) electrons. The molecule has 2 atom stereocenters. The SMILES string of the molecule is Cc1ccc(OCCC(=O)NC2C3CCCC2CC(N)C3)c(C)c1.Cl. The minimum absolute atomic E-state index is 0. The number of ether oxygens (including phenoxy) is 1. The number of carbonyl (C=O) groups is 1. The van der Waals surface area contributed by atoms with E-state index < -0.39 is 0 Å². The lowest BCUT2D eigenvalue weighted by molar-refractivity contribution is -0.123. The van der Waals surface area contributed by atoms with Gasteiger partial charge < -0.3 is 15.8 Å². The third-order valence-electron chi connectivity index (χ3n) is 5.62. The average molecular weight is 367 g/mol. The van der Waals surface area contributed by atoms with E-state index in [2.05, 4.69) is 18.3 Å². The average Bonchev–Trinajstić information content (AvgIpc) is 2.50. The Morgan fingerprint density at radius 3 is 2.56 bits per heavy atom. The Balaban J connectivity index is 0.00000225. The molecule has 3 rings (SSSR count). The second-order valence-electron chi connectivity index (χ2n) is 7.64. The van der Waals surface area contributed by atoms with Gasteiger partial charge in [-0.15, -0.1) is 12.4 Å². The number of rotatable bonds is 5. The van der Waals surface area contributed by atoms with Crippen molar-refractivity contribution in [1.29, 1.82) is 0 Å². The van der Waals surface area contributed by atoms with Crippen molar-refractivity contribution in [2.24, 2.45) is 17.6 Å². The summed E-state index contributed by atoms with van der Waals surface area (Å²) in [5, 5.41) is 3.28. The van der Waals surface area contributed by atoms with E-state index in [1.165, 1.54) is 24.8 Å². The first-order valence-electron chi connectivity index (χ1n) is 9.28. The van der Waals surface area contributed by atoms with Crippen molar-refractivity contribution in [3.63, 3.8) is 0 Å². The number of benzene rings is 1. The molecule has 2 aliphatic carbocycles. The molecular weight excluding hydrogens is 336 g/mol. The van der Waals surface area contributed by atoms with E-state index in [-0.39, 0.29) is 18.3 Å². The van der Waals surface area contributed by atoms with Crippen LogP contribution in [-0.4, -0.2) is 24.6 Å². The zero-order chi connectivity index (χ0) is 17.1. The van der Waals surface area contributed by atoms with E-state index in [1.54, 1.807) is 0 Å². The van der Waals surface area contributed by atoms with Gasteiger partial charge in [0.05, 0.1) is 13.0 Å². The zero-order valence-electron chi connectivity index (χ0n) is 15.3. The third-order valence-corrected chi connectivity index (χ3v) is 5.62. The largest absolute Gasteiger partial charge is 0.493 e. The van der Waals surface area contributed by atoms with Crippen LogP contribution in [-0.2, 0) is 4.79 Å². The molecule has 4 nitrogen and oxygen atoms in total. The van der Waals surface area contributed by atoms with Gasteiger partial charge >= 0.3 is 0 Å². The summed E-state index contributed by atoms with van der Waals surface area (Å²) in [6.07, 6.45) is 6.21. The van der Waals surface area contributed by atoms with E-state index in [1.807, 2.05) is 19.1 Å². The first kappa shape index (κ1) is 20.1. The van der Waals surface area contributed by atoms with Gasteiger partial charge in [0.25, 0.3) is 0 Å². The van der Waals surface area contributed by atoms with Crippen molar-refractivity contribution in [1.82, 2.24) is 5.32 Å². The molecule has 1 aromatic rings. The lowest BCUT2D eigenvalue weighted by Crippen LogP contribution is -2.53. The quantitative estimate of drug-likeness (QED) is 0.838. The van der Waals surface area contributed by atoms with E-state index in [9.17, 15) is 4.79 Å². The van der Waals surface area contributed by atoms with E-state index >= 15 is 0 Å². The van der Waals surface area contributed by atoms with Crippen LogP contribution in [0.3, 0.4) is 0 Å². The van der Waals surface area contributed by atoms with Crippen LogP contribution in [0.4, 0.5) is 0 Å². The normalized spacial score (nSPS) is 28.0. The van der Waals surface area contributed by atoms with Crippen LogP contribution in [0.2, 0.25) is 0 Å². The van der Waals surface area contributed by atoms with Gasteiger partial charge in [0.2, 0.25) is 5.91 Å². The van der Waals surface area contributed by atoms with Crippen molar-refractivity contribution in [2.75, 3.05) is 6.61 Å². The molecule has 2 unspecified atom stereocenters. The standard InChI is InChI=1S/C20H30N2O2.ClH/c1-13-6-7-18(14(2)10-13)24-9-8-19(23)22-20-15-4-3-5-16(20)12-17(21)11-15;/h6-7,10,15-17,20H,3-5,8-9,11-12,21H2,1-2H3,(H,22,23);1H. The highest BCUT2D eigenvalue weighted by atomic mass is 35.5. The Morgan fingerprint density at radius 2 is 1.92 bits per heavy atom. The predicted octanol–water partition coefficient (Wildman–Crippen LogP) is 3.52. The van der Waals surface area contributed by atoms with Crippen LogP contribution in [0.5, 0.6) is 5.75 Å². The summed E-state index contributed by atoms with van der Waals surface area (Å²) in [6, 6.07) is 6.76. The van der Waals surface area contributed by atoms with E-state index in [4.69, 9.17) is 10.5 Å². The first-order chi connectivity index (χ1) is 11.5. The maximum atomic E-state index is 12.3. The second kappa shape index (κ2) is 8.91. The number of nitrogens with one attached hydrogen (secondary N) is 1. The topological polar surface area (TPSA) is 64.3 Å². The van der Waals surface area contributed by atoms with Gasteiger partial charge in [-0.1, -0.05) is 24.1 Å². The molecule has 0 saturated heterocycles. The second-order valence-corrected chi connectivity index (χ2v) is 7.64. The Kier molecular flexibility index (Phi) is 7.14. The van der Waals surface area contributed by atoms with Crippen molar-refractivity contribution in [3.8, 4) is 5.75 Å². The summed E-state index contributed by atoms with van der Waals surface area (Å²) < 4.78 is 5.78. The van der Waals surface area contributed by atoms with Gasteiger partial charge in [-0.2, -0.15) is 0 Å². The number of carbonyl (C=O) groups excluding carboxylic acids is 1. The molecule has 2 bridgehead atoms. The van der Waals surface area contributed by atoms with Crippen molar-refractivity contribution in [3.05, 3.63) is 29.3 Å². The van der Waals surface area contributed by atoms with Gasteiger partial charge in [-0.3, -0.25) is 4.79 Å². The minimum Gasteiger partial charge on any atom is -0.493 e. The molecule has 0 aliphatic heterocycles. The van der Waals surface area contributed by atoms with Crippen molar-refractivity contribution < 1.29 is 9.53 Å². The van der Waals surface area contributed by atoms with Crippen LogP contribution < -0.4 is 15.8 Å². The van der Waals surface area contributed by atoms with Crippen LogP contribution in [0.15, 0.2) is 18.2 Å². The number of hydrogen-bond donors (Lipinski definition) is 2. The highest BCUT2D eigenvalue weighted by Crippen LogP contribution is 2.39. The molecule has 2 saturated carbocycles. The molecule has 140 valence electrons. The van der Waals surface area contributed by atoms with Crippen LogP contribution in [0.25, 0.3) is 0 Å². The Hall–Kier alpha value is -1.26. The van der Waals surface area contributed by atoms with Gasteiger partial charge in [-0.05, 0) is 63.0 Å². The van der Waals surface area contributed by atoms with Gasteiger partial charge in [-0.25, -0.2) is 0 Å². The molecule has 1 amide bonds. The molecule has 3 N–H and O–H groups in total. The highest BCUT2D eigenvalue weighted by molar-refractivity contribution is 5.85. The maximum Gasteiger partial charge on any atom is 0.223 e. The van der Waals surface area contributed by atoms with E-state index in [0.29, 0.717) is 36.9 Å². The fourth-order valence-electron chi connectivity index (χ4n) is 4.50. The lowest BCUT2D eigenvalue weighted by Gasteiger charge is -2.45. The Morgan fingerprint density at radius 1 is 1.24 bits per heavy atom. The van der Waals surface area contributed by atoms with Crippen molar-refractivity contribution in [2.45, 2.75) is 64.5 Å². The fraction of sp³-hybridized carbons (Fsp3) is 0.650. The van der Waals surface area contributed by atoms with Gasteiger partial charge in [0, 0.05) is 12.1 Å². The summed E-state index contributed by atoms with van der Waals surface area (Å²) in [7, 11) is 0. The molecule has 1 aromatic carbocycles. The summed E-state index contributed by atoms with van der Waals surface area (Å²) in [5.74, 6) is 2.11. The molecule has 5 heteroatoms. The van der Waals surface area contributed by atoms with E-state index in [0.717, 1.165) is 24.2 Å². The van der Waals surface area contributed by atoms with Gasteiger partial charge in [0.15, 0.2) is 0 Å². The molecule has 25 heavy (non-hydrogen) atoms. The smallest absolute Gasteiger partial charge is 0.223 e. The van der Waals surface area contributed by atoms with Crippen LogP contribution >= 0.6 is 12.4 Å². The minimum atomic E-state index is 0. The van der Waals surface area contributed by atoms with Crippen LogP contribution in [0, 0.1) is 25.7 Å². The van der Waals surface area contributed by atoms with Crippen LogP contribution in [0.1, 0.15) is 49.7 Å². The van der Waals surface area contributed by atoms with Crippen molar-refractivity contribution >= 4 is 18.3 Å². The zero-order valence-corrected chi connectivity index (χ0v) is 16.1. The Labute approximate surface area is 157 Å². The number of halogens is 1. The monoisotopic (exact) mass is 366 g/mol. The number of fused-ring (bicyclic) bond motifs is 2. The first-order valence-corrected chi connectivity index (χ1v) is 9.28. The molecule has 0 heterocycles. The summed E-state index contributed by atoms with van der Waals surface area (Å²) >= 11 is 0. The molecule has 2 aliphatic rings. The molecule has 2 fully saturated rings. The summed E-state index contributed by atoms with van der Waals surface area (Å²) in [4.78, 5) is 12.3. The molecule has 0 spiro atoms. The number of aryl methyl sites for hydroxylation is 2. The Bertz CT molecular complexity index is 579.